The van der Waals surface area contributed by atoms with Crippen molar-refractivity contribution >= 4 is 11.7 Å². The molecule has 1 fully saturated rings. The van der Waals surface area contributed by atoms with Gasteiger partial charge in [-0.3, -0.25) is 9.59 Å². The molecule has 0 spiro atoms. The Labute approximate surface area is 113 Å². The van der Waals surface area contributed by atoms with E-state index in [0.29, 0.717) is 11.6 Å². The molecule has 19 heavy (non-hydrogen) atoms. The van der Waals surface area contributed by atoms with E-state index in [2.05, 4.69) is 5.32 Å². The standard InChI is InChI=1S/C15H19NO3/c1-10-9-11(3-7-14(10)19-2)13(17)6-8-15(18)16-12-4-5-12/h3,7,9,12H,4-6,8H2,1-2H3,(H,16,18). The second kappa shape index (κ2) is 5.87. The summed E-state index contributed by atoms with van der Waals surface area (Å²) in [6.07, 6.45) is 2.65. The fraction of sp³-hybridized carbons (Fsp3) is 0.467. The molecule has 1 N–H and O–H groups in total. The first-order valence-corrected chi connectivity index (χ1v) is 6.57. The number of carbonyl (C=O) groups excluding carboxylic acids is 2. The van der Waals surface area contributed by atoms with E-state index in [1.54, 1.807) is 25.3 Å². The van der Waals surface area contributed by atoms with E-state index in [9.17, 15) is 9.59 Å². The predicted octanol–water partition coefficient (Wildman–Crippen LogP) is 2.25. The Hall–Kier alpha value is -1.84. The lowest BCUT2D eigenvalue weighted by Crippen LogP contribution is -2.25. The zero-order valence-electron chi connectivity index (χ0n) is 11.4. The molecule has 0 heterocycles. The van der Waals surface area contributed by atoms with Gasteiger partial charge in [-0.1, -0.05) is 0 Å². The molecule has 1 saturated carbocycles. The van der Waals surface area contributed by atoms with E-state index in [0.717, 1.165) is 24.2 Å². The Kier molecular flexibility index (Phi) is 4.20. The highest BCUT2D eigenvalue weighted by Crippen LogP contribution is 2.20. The normalized spacial score (nSPS) is 14.0. The topological polar surface area (TPSA) is 55.4 Å². The van der Waals surface area contributed by atoms with Gasteiger partial charge in [0.1, 0.15) is 5.75 Å². The zero-order valence-corrected chi connectivity index (χ0v) is 11.4. The highest BCUT2D eigenvalue weighted by Gasteiger charge is 2.23. The number of amides is 1. The van der Waals surface area contributed by atoms with Crippen LogP contribution >= 0.6 is 0 Å². The first kappa shape index (κ1) is 13.6. The van der Waals surface area contributed by atoms with Gasteiger partial charge < -0.3 is 10.1 Å². The maximum absolute atomic E-state index is 12.0. The van der Waals surface area contributed by atoms with E-state index in [1.807, 2.05) is 6.92 Å². The van der Waals surface area contributed by atoms with Crippen molar-refractivity contribution in [3.63, 3.8) is 0 Å². The quantitative estimate of drug-likeness (QED) is 0.799. The van der Waals surface area contributed by atoms with Crippen LogP contribution in [0, 0.1) is 6.92 Å². The van der Waals surface area contributed by atoms with E-state index in [1.165, 1.54) is 0 Å². The Morgan fingerprint density at radius 2 is 2.05 bits per heavy atom. The van der Waals surface area contributed by atoms with Crippen LogP contribution < -0.4 is 10.1 Å². The van der Waals surface area contributed by atoms with Crippen LogP contribution in [0.2, 0.25) is 0 Å². The summed E-state index contributed by atoms with van der Waals surface area (Å²) in [6.45, 7) is 1.90. The van der Waals surface area contributed by atoms with Gasteiger partial charge in [0.15, 0.2) is 5.78 Å². The molecule has 0 unspecified atom stereocenters. The summed E-state index contributed by atoms with van der Waals surface area (Å²) in [4.78, 5) is 23.5. The molecule has 1 aromatic rings. The fourth-order valence-corrected chi connectivity index (χ4v) is 1.95. The maximum Gasteiger partial charge on any atom is 0.220 e. The molecule has 0 atom stereocenters. The largest absolute Gasteiger partial charge is 0.496 e. The van der Waals surface area contributed by atoms with Gasteiger partial charge in [0.05, 0.1) is 7.11 Å². The molecule has 4 heteroatoms. The third kappa shape index (κ3) is 3.81. The summed E-state index contributed by atoms with van der Waals surface area (Å²) in [5.74, 6) is 0.737. The van der Waals surface area contributed by atoms with Crippen molar-refractivity contribution in [1.29, 1.82) is 0 Å². The number of aryl methyl sites for hydroxylation is 1. The summed E-state index contributed by atoms with van der Waals surface area (Å²) in [5.41, 5.74) is 1.56. The lowest BCUT2D eigenvalue weighted by molar-refractivity contribution is -0.121. The first-order chi connectivity index (χ1) is 9.10. The van der Waals surface area contributed by atoms with Crippen molar-refractivity contribution in [3.05, 3.63) is 29.3 Å². The molecule has 1 aliphatic carbocycles. The Morgan fingerprint density at radius 3 is 2.63 bits per heavy atom. The number of nitrogens with one attached hydrogen (secondary N) is 1. The lowest BCUT2D eigenvalue weighted by atomic mass is 10.0. The molecular weight excluding hydrogens is 242 g/mol. The molecule has 0 bridgehead atoms. The summed E-state index contributed by atoms with van der Waals surface area (Å²) in [6, 6.07) is 5.69. The third-order valence-corrected chi connectivity index (χ3v) is 3.24. The number of hydrogen-bond donors (Lipinski definition) is 1. The van der Waals surface area contributed by atoms with Gasteiger partial charge in [-0.2, -0.15) is 0 Å². The minimum Gasteiger partial charge on any atom is -0.496 e. The van der Waals surface area contributed by atoms with Crippen LogP contribution in [0.5, 0.6) is 5.75 Å². The monoisotopic (exact) mass is 261 g/mol. The van der Waals surface area contributed by atoms with Crippen LogP contribution in [-0.4, -0.2) is 24.8 Å². The van der Waals surface area contributed by atoms with Gasteiger partial charge in [0.25, 0.3) is 0 Å². The van der Waals surface area contributed by atoms with E-state index >= 15 is 0 Å². The highest BCUT2D eigenvalue weighted by atomic mass is 16.5. The average molecular weight is 261 g/mol. The van der Waals surface area contributed by atoms with Crippen LogP contribution in [0.25, 0.3) is 0 Å². The molecular formula is C15H19NO3. The fourth-order valence-electron chi connectivity index (χ4n) is 1.95. The van der Waals surface area contributed by atoms with Crippen molar-refractivity contribution in [3.8, 4) is 5.75 Å². The number of hydrogen-bond acceptors (Lipinski definition) is 3. The van der Waals surface area contributed by atoms with Crippen LogP contribution in [0.4, 0.5) is 0 Å². The van der Waals surface area contributed by atoms with E-state index in [-0.39, 0.29) is 24.5 Å². The van der Waals surface area contributed by atoms with E-state index in [4.69, 9.17) is 4.74 Å². The van der Waals surface area contributed by atoms with Crippen molar-refractivity contribution in [2.45, 2.75) is 38.6 Å². The van der Waals surface area contributed by atoms with Gasteiger partial charge in [-0.05, 0) is 43.5 Å². The lowest BCUT2D eigenvalue weighted by Gasteiger charge is -2.07. The number of Topliss-reactive ketones (excluding diaryl/α,β-unsaturated/α-hetero) is 1. The summed E-state index contributed by atoms with van der Waals surface area (Å²) < 4.78 is 5.15. The van der Waals surface area contributed by atoms with Crippen LogP contribution in [-0.2, 0) is 4.79 Å². The molecule has 102 valence electrons. The SMILES string of the molecule is COc1ccc(C(=O)CCC(=O)NC2CC2)cc1C. The third-order valence-electron chi connectivity index (χ3n) is 3.24. The smallest absolute Gasteiger partial charge is 0.220 e. The van der Waals surface area contributed by atoms with Crippen LogP contribution in [0.3, 0.4) is 0 Å². The Bertz CT molecular complexity index is 492. The van der Waals surface area contributed by atoms with Gasteiger partial charge in [0, 0.05) is 24.4 Å². The number of ketones is 1. The summed E-state index contributed by atoms with van der Waals surface area (Å²) >= 11 is 0. The predicted molar refractivity (Wildman–Crippen MR) is 72.5 cm³/mol. The maximum atomic E-state index is 12.0. The van der Waals surface area contributed by atoms with Crippen molar-refractivity contribution in [2.24, 2.45) is 0 Å². The minimum atomic E-state index is -0.0268. The van der Waals surface area contributed by atoms with Gasteiger partial charge >= 0.3 is 0 Å². The molecule has 1 amide bonds. The Morgan fingerprint density at radius 1 is 1.32 bits per heavy atom. The van der Waals surface area contributed by atoms with Gasteiger partial charge in [-0.15, -0.1) is 0 Å². The van der Waals surface area contributed by atoms with Gasteiger partial charge in [-0.25, -0.2) is 0 Å². The first-order valence-electron chi connectivity index (χ1n) is 6.57. The summed E-state index contributed by atoms with van der Waals surface area (Å²) in [5, 5.41) is 2.88. The molecule has 1 aromatic carbocycles. The van der Waals surface area contributed by atoms with Gasteiger partial charge in [0.2, 0.25) is 5.91 Å². The molecule has 0 aromatic heterocycles. The van der Waals surface area contributed by atoms with E-state index < -0.39 is 0 Å². The second-order valence-corrected chi connectivity index (χ2v) is 4.95. The number of benzene rings is 1. The second-order valence-electron chi connectivity index (χ2n) is 4.95. The van der Waals surface area contributed by atoms with Crippen LogP contribution in [0.15, 0.2) is 18.2 Å². The zero-order chi connectivity index (χ0) is 13.8. The number of ether oxygens (including phenoxy) is 1. The molecule has 2 rings (SSSR count). The van der Waals surface area contributed by atoms with Crippen molar-refractivity contribution in [1.82, 2.24) is 5.32 Å². The molecule has 0 saturated heterocycles. The molecule has 0 aliphatic heterocycles. The number of carbonyl (C=O) groups is 2. The molecule has 4 nitrogen and oxygen atoms in total. The summed E-state index contributed by atoms with van der Waals surface area (Å²) in [7, 11) is 1.60. The Balaban J connectivity index is 1.88. The van der Waals surface area contributed by atoms with Crippen molar-refractivity contribution < 1.29 is 14.3 Å². The van der Waals surface area contributed by atoms with Crippen LogP contribution in [0.1, 0.15) is 41.6 Å². The number of rotatable bonds is 6. The average Bonchev–Trinajstić information content (AvgIpc) is 3.19. The molecule has 0 radical (unpaired) electrons. The van der Waals surface area contributed by atoms with Crippen molar-refractivity contribution in [2.75, 3.05) is 7.11 Å². The highest BCUT2D eigenvalue weighted by molar-refractivity contribution is 5.98. The minimum absolute atomic E-state index is 0.00306. The number of methoxy groups -OCH3 is 1. The molecule has 1 aliphatic rings.